The topological polar surface area (TPSA) is 87.4 Å². The standard InChI is InChI=1S/C17H27N9S/c1-3-13-20-17(27-23-13)25-10-8-24(9-11-25)16(18-2)19-12-15-22-21-14-6-4-5-7-26(14)15/h3-12H2,1-2H3,(H,18,19). The summed E-state index contributed by atoms with van der Waals surface area (Å²) in [5.74, 6) is 3.98. The van der Waals surface area contributed by atoms with Crippen LogP contribution in [0.15, 0.2) is 4.99 Å². The van der Waals surface area contributed by atoms with E-state index in [4.69, 9.17) is 0 Å². The van der Waals surface area contributed by atoms with Crippen LogP contribution in [-0.4, -0.2) is 68.2 Å². The average molecular weight is 390 g/mol. The number of nitrogens with one attached hydrogen (secondary N) is 1. The fraction of sp³-hybridized carbons (Fsp3) is 0.706. The summed E-state index contributed by atoms with van der Waals surface area (Å²) < 4.78 is 6.65. The number of rotatable bonds is 4. The highest BCUT2D eigenvalue weighted by molar-refractivity contribution is 7.09. The SMILES string of the molecule is CCc1nsc(N2CCN(C(=NC)NCc3nnc4n3CCCC4)CC2)n1. The summed E-state index contributed by atoms with van der Waals surface area (Å²) in [6.45, 7) is 7.47. The van der Waals surface area contributed by atoms with Crippen molar-refractivity contribution in [3.63, 3.8) is 0 Å². The molecule has 1 saturated heterocycles. The van der Waals surface area contributed by atoms with Crippen molar-refractivity contribution in [2.75, 3.05) is 38.1 Å². The molecule has 0 radical (unpaired) electrons. The van der Waals surface area contributed by atoms with Crippen molar-refractivity contribution in [1.29, 1.82) is 0 Å². The van der Waals surface area contributed by atoms with Crippen LogP contribution in [0.1, 0.15) is 37.2 Å². The van der Waals surface area contributed by atoms with Crippen LogP contribution in [0.2, 0.25) is 0 Å². The summed E-state index contributed by atoms with van der Waals surface area (Å²) in [7, 11) is 1.84. The molecule has 0 aromatic carbocycles. The minimum atomic E-state index is 0.663. The molecule has 146 valence electrons. The molecule has 10 heteroatoms. The second kappa shape index (κ2) is 8.20. The van der Waals surface area contributed by atoms with Crippen LogP contribution in [-0.2, 0) is 25.9 Å². The summed E-state index contributed by atoms with van der Waals surface area (Å²) in [5, 5.41) is 13.2. The van der Waals surface area contributed by atoms with Crippen LogP contribution in [0.4, 0.5) is 5.13 Å². The van der Waals surface area contributed by atoms with Crippen molar-refractivity contribution in [2.45, 2.75) is 45.7 Å². The molecule has 2 aliphatic rings. The van der Waals surface area contributed by atoms with E-state index in [1.165, 1.54) is 24.4 Å². The fourth-order valence-corrected chi connectivity index (χ4v) is 4.42. The zero-order valence-corrected chi connectivity index (χ0v) is 16.9. The molecule has 2 aliphatic heterocycles. The van der Waals surface area contributed by atoms with Crippen molar-refractivity contribution in [1.82, 2.24) is 34.3 Å². The van der Waals surface area contributed by atoms with Gasteiger partial charge in [0, 0.05) is 64.1 Å². The van der Waals surface area contributed by atoms with E-state index in [9.17, 15) is 0 Å². The minimum Gasteiger partial charge on any atom is -0.349 e. The molecule has 0 bridgehead atoms. The van der Waals surface area contributed by atoms with Gasteiger partial charge >= 0.3 is 0 Å². The first kappa shape index (κ1) is 18.1. The predicted molar refractivity (Wildman–Crippen MR) is 106 cm³/mol. The van der Waals surface area contributed by atoms with E-state index >= 15 is 0 Å². The van der Waals surface area contributed by atoms with Crippen LogP contribution in [0, 0.1) is 0 Å². The molecule has 0 unspecified atom stereocenters. The normalized spacial score (nSPS) is 17.9. The highest BCUT2D eigenvalue weighted by Crippen LogP contribution is 2.19. The van der Waals surface area contributed by atoms with Gasteiger partial charge in [-0.05, 0) is 12.8 Å². The molecule has 0 saturated carbocycles. The number of guanidine groups is 1. The Bertz CT molecular complexity index is 788. The molecule has 0 amide bonds. The predicted octanol–water partition coefficient (Wildman–Crippen LogP) is 0.926. The Morgan fingerprint density at radius 3 is 2.74 bits per heavy atom. The van der Waals surface area contributed by atoms with Crippen LogP contribution in [0.5, 0.6) is 0 Å². The number of fused-ring (bicyclic) bond motifs is 1. The van der Waals surface area contributed by atoms with E-state index in [1.807, 2.05) is 7.05 Å². The Kier molecular flexibility index (Phi) is 5.51. The van der Waals surface area contributed by atoms with Crippen molar-refractivity contribution < 1.29 is 0 Å². The van der Waals surface area contributed by atoms with Crippen LogP contribution in [0.25, 0.3) is 0 Å². The Morgan fingerprint density at radius 2 is 2.00 bits per heavy atom. The van der Waals surface area contributed by atoms with Gasteiger partial charge in [0.05, 0.1) is 6.54 Å². The summed E-state index contributed by atoms with van der Waals surface area (Å²) >= 11 is 1.50. The number of hydrogen-bond donors (Lipinski definition) is 1. The van der Waals surface area contributed by atoms with Crippen LogP contribution < -0.4 is 10.2 Å². The first-order valence-electron chi connectivity index (χ1n) is 9.72. The van der Waals surface area contributed by atoms with E-state index in [0.717, 1.165) is 74.1 Å². The van der Waals surface area contributed by atoms with Gasteiger partial charge in [0.2, 0.25) is 5.13 Å². The molecule has 4 heterocycles. The molecule has 4 rings (SSSR count). The summed E-state index contributed by atoms with van der Waals surface area (Å²) in [5.41, 5.74) is 0. The quantitative estimate of drug-likeness (QED) is 0.615. The van der Waals surface area contributed by atoms with Crippen molar-refractivity contribution in [3.05, 3.63) is 17.5 Å². The maximum Gasteiger partial charge on any atom is 0.205 e. The molecule has 27 heavy (non-hydrogen) atoms. The molecule has 9 nitrogen and oxygen atoms in total. The molecule has 1 fully saturated rings. The highest BCUT2D eigenvalue weighted by atomic mass is 32.1. The lowest BCUT2D eigenvalue weighted by Gasteiger charge is -2.36. The fourth-order valence-electron chi connectivity index (χ4n) is 3.62. The molecule has 2 aromatic heterocycles. The number of nitrogens with zero attached hydrogens (tertiary/aromatic N) is 8. The second-order valence-corrected chi connectivity index (χ2v) is 7.59. The Hall–Kier alpha value is -2.23. The zero-order chi connectivity index (χ0) is 18.6. The number of aliphatic imine (C=N–C) groups is 1. The number of aryl methyl sites for hydroxylation is 2. The number of hydrogen-bond acceptors (Lipinski definition) is 7. The summed E-state index contributed by atoms with van der Waals surface area (Å²) in [4.78, 5) is 13.7. The van der Waals surface area contributed by atoms with Gasteiger partial charge in [-0.25, -0.2) is 4.98 Å². The molecule has 0 atom stereocenters. The van der Waals surface area contributed by atoms with E-state index in [1.54, 1.807) is 0 Å². The van der Waals surface area contributed by atoms with Crippen molar-refractivity contribution >= 4 is 22.6 Å². The van der Waals surface area contributed by atoms with E-state index in [-0.39, 0.29) is 0 Å². The largest absolute Gasteiger partial charge is 0.349 e. The van der Waals surface area contributed by atoms with Gasteiger partial charge in [-0.1, -0.05) is 6.92 Å². The lowest BCUT2D eigenvalue weighted by atomic mass is 10.2. The molecule has 2 aromatic rings. The van der Waals surface area contributed by atoms with E-state index < -0.39 is 0 Å². The van der Waals surface area contributed by atoms with Gasteiger partial charge in [-0.2, -0.15) is 4.37 Å². The number of anilines is 1. The van der Waals surface area contributed by atoms with Gasteiger partial charge in [-0.3, -0.25) is 4.99 Å². The van der Waals surface area contributed by atoms with Crippen molar-refractivity contribution in [3.8, 4) is 0 Å². The Balaban J connectivity index is 1.32. The monoisotopic (exact) mass is 389 g/mol. The van der Waals surface area contributed by atoms with Gasteiger partial charge in [-0.15, -0.1) is 10.2 Å². The Morgan fingerprint density at radius 1 is 1.15 bits per heavy atom. The first-order valence-corrected chi connectivity index (χ1v) is 10.5. The summed E-state index contributed by atoms with van der Waals surface area (Å²) in [6.07, 6.45) is 4.35. The number of piperazine rings is 1. The van der Waals surface area contributed by atoms with Crippen LogP contribution in [0.3, 0.4) is 0 Å². The molecule has 1 N–H and O–H groups in total. The third-order valence-electron chi connectivity index (χ3n) is 5.18. The van der Waals surface area contributed by atoms with Gasteiger partial charge < -0.3 is 19.7 Å². The third kappa shape index (κ3) is 3.90. The highest BCUT2D eigenvalue weighted by Gasteiger charge is 2.23. The second-order valence-electron chi connectivity index (χ2n) is 6.86. The molecular formula is C17H27N9S. The lowest BCUT2D eigenvalue weighted by Crippen LogP contribution is -2.52. The summed E-state index contributed by atoms with van der Waals surface area (Å²) in [6, 6.07) is 0. The van der Waals surface area contributed by atoms with Gasteiger partial charge in [0.1, 0.15) is 11.6 Å². The molecule has 0 aliphatic carbocycles. The zero-order valence-electron chi connectivity index (χ0n) is 16.1. The van der Waals surface area contributed by atoms with E-state index in [0.29, 0.717) is 6.54 Å². The van der Waals surface area contributed by atoms with E-state index in [2.05, 4.69) is 51.2 Å². The van der Waals surface area contributed by atoms with Crippen LogP contribution >= 0.6 is 11.5 Å². The van der Waals surface area contributed by atoms with Gasteiger partial charge in [0.25, 0.3) is 0 Å². The van der Waals surface area contributed by atoms with Crippen molar-refractivity contribution in [2.24, 2.45) is 4.99 Å². The third-order valence-corrected chi connectivity index (χ3v) is 5.99. The lowest BCUT2D eigenvalue weighted by molar-refractivity contribution is 0.371. The smallest absolute Gasteiger partial charge is 0.205 e. The maximum atomic E-state index is 4.60. The maximum absolute atomic E-state index is 4.60. The first-order chi connectivity index (χ1) is 13.3. The Labute approximate surface area is 163 Å². The molecule has 0 spiro atoms. The van der Waals surface area contributed by atoms with Gasteiger partial charge in [0.15, 0.2) is 11.8 Å². The minimum absolute atomic E-state index is 0.663. The number of aromatic nitrogens is 5. The molecular weight excluding hydrogens is 362 g/mol. The average Bonchev–Trinajstić information content (AvgIpc) is 3.36.